The van der Waals surface area contributed by atoms with Crippen molar-refractivity contribution in [1.29, 1.82) is 0 Å². The minimum atomic E-state index is 0.416. The quantitative estimate of drug-likeness (QED) is 0.328. The molecule has 2 N–H and O–H groups in total. The molecular formula is C33H42N8. The van der Waals surface area contributed by atoms with Crippen molar-refractivity contribution in [3.63, 3.8) is 0 Å². The number of hydrogen-bond acceptors (Lipinski definition) is 7. The van der Waals surface area contributed by atoms with Crippen LogP contribution in [0.15, 0.2) is 61.1 Å². The van der Waals surface area contributed by atoms with Crippen LogP contribution in [-0.2, 0) is 13.0 Å². The molecule has 1 atom stereocenters. The zero-order valence-corrected chi connectivity index (χ0v) is 24.0. The number of nitrogens with zero attached hydrogens (tertiary/aromatic N) is 6. The number of nitrogens with one attached hydrogen (secondary N) is 2. The van der Waals surface area contributed by atoms with Gasteiger partial charge in [-0.3, -0.25) is 9.80 Å². The van der Waals surface area contributed by atoms with Crippen LogP contribution >= 0.6 is 0 Å². The first-order chi connectivity index (χ1) is 20.3. The number of hydrogen-bond donors (Lipinski definition) is 2. The van der Waals surface area contributed by atoms with Crippen LogP contribution in [0.5, 0.6) is 0 Å². The van der Waals surface area contributed by atoms with Gasteiger partial charge in [-0.15, -0.1) is 0 Å². The predicted molar refractivity (Wildman–Crippen MR) is 165 cm³/mol. The van der Waals surface area contributed by atoms with Crippen molar-refractivity contribution in [3.05, 3.63) is 72.2 Å². The van der Waals surface area contributed by atoms with Crippen LogP contribution in [0.25, 0.3) is 22.4 Å². The molecule has 41 heavy (non-hydrogen) atoms. The van der Waals surface area contributed by atoms with E-state index in [0.29, 0.717) is 12.1 Å². The second kappa shape index (κ2) is 12.3. The van der Waals surface area contributed by atoms with E-state index in [1.54, 1.807) is 0 Å². The molecule has 3 aromatic heterocycles. The average Bonchev–Trinajstić information content (AvgIpc) is 3.47. The van der Waals surface area contributed by atoms with Crippen LogP contribution in [0.4, 0.5) is 5.82 Å². The van der Waals surface area contributed by atoms with Gasteiger partial charge in [0.25, 0.3) is 0 Å². The molecule has 1 unspecified atom stereocenters. The summed E-state index contributed by atoms with van der Waals surface area (Å²) in [4.78, 5) is 19.8. The van der Waals surface area contributed by atoms with Crippen molar-refractivity contribution >= 4 is 16.9 Å². The van der Waals surface area contributed by atoms with E-state index < -0.39 is 0 Å². The van der Waals surface area contributed by atoms with Gasteiger partial charge in [0, 0.05) is 94.0 Å². The van der Waals surface area contributed by atoms with Crippen LogP contribution in [-0.4, -0.2) is 81.2 Å². The minimum Gasteiger partial charge on any atom is -0.368 e. The van der Waals surface area contributed by atoms with Crippen molar-refractivity contribution in [2.45, 2.75) is 57.2 Å². The molecule has 1 aromatic carbocycles. The molecule has 1 aliphatic carbocycles. The van der Waals surface area contributed by atoms with Gasteiger partial charge in [-0.25, -0.2) is 15.0 Å². The molecule has 214 valence electrons. The molecule has 7 rings (SSSR count). The molecule has 2 aliphatic heterocycles. The van der Waals surface area contributed by atoms with Crippen molar-refractivity contribution in [2.24, 2.45) is 0 Å². The predicted octanol–water partition coefficient (Wildman–Crippen LogP) is 4.74. The maximum absolute atomic E-state index is 5.06. The first kappa shape index (κ1) is 26.6. The van der Waals surface area contributed by atoms with Gasteiger partial charge >= 0.3 is 0 Å². The third kappa shape index (κ3) is 6.01. The number of pyridine rings is 1. The highest BCUT2D eigenvalue weighted by Crippen LogP contribution is 2.31. The number of anilines is 1. The van der Waals surface area contributed by atoms with E-state index >= 15 is 0 Å². The Morgan fingerprint density at radius 3 is 2.68 bits per heavy atom. The number of rotatable bonds is 8. The summed E-state index contributed by atoms with van der Waals surface area (Å²) in [6, 6.07) is 16.2. The zero-order chi connectivity index (χ0) is 27.4. The normalized spacial score (nSPS) is 19.7. The SMILES string of the molecule is c1ccc2c(c1)CCN(CC(CNc1cc(-c3ncc4ccn(C5CCCCC5)c4n3)ccn1)N1CCNCC1)C2. The minimum absolute atomic E-state index is 0.416. The fourth-order valence-electron chi connectivity index (χ4n) is 6.98. The molecule has 1 saturated heterocycles. The van der Waals surface area contributed by atoms with Crippen LogP contribution in [0.2, 0.25) is 0 Å². The molecule has 5 heterocycles. The van der Waals surface area contributed by atoms with Crippen LogP contribution < -0.4 is 10.6 Å². The lowest BCUT2D eigenvalue weighted by Gasteiger charge is -2.39. The van der Waals surface area contributed by atoms with E-state index in [1.807, 2.05) is 18.5 Å². The molecule has 3 aliphatic rings. The summed E-state index contributed by atoms with van der Waals surface area (Å²) in [5, 5.41) is 8.33. The Kier molecular flexibility index (Phi) is 7.95. The van der Waals surface area contributed by atoms with Crippen molar-refractivity contribution in [2.75, 3.05) is 51.1 Å². The van der Waals surface area contributed by atoms with Gasteiger partial charge in [0.1, 0.15) is 11.5 Å². The summed E-state index contributed by atoms with van der Waals surface area (Å²) in [6.45, 7) is 8.34. The number of fused-ring (bicyclic) bond motifs is 2. The summed E-state index contributed by atoms with van der Waals surface area (Å²) in [6.07, 6.45) is 13.6. The highest BCUT2D eigenvalue weighted by Gasteiger charge is 2.25. The number of aromatic nitrogens is 4. The molecule has 0 bridgehead atoms. The Hall–Kier alpha value is -3.33. The maximum Gasteiger partial charge on any atom is 0.161 e. The molecule has 0 amide bonds. The van der Waals surface area contributed by atoms with Gasteiger partial charge in [0.2, 0.25) is 0 Å². The molecular weight excluding hydrogens is 508 g/mol. The van der Waals surface area contributed by atoms with Gasteiger partial charge in [0.15, 0.2) is 5.82 Å². The fourth-order valence-corrected chi connectivity index (χ4v) is 6.98. The number of piperazine rings is 1. The first-order valence-electron chi connectivity index (χ1n) is 15.6. The fraction of sp³-hybridized carbons (Fsp3) is 0.485. The zero-order valence-electron chi connectivity index (χ0n) is 24.0. The largest absolute Gasteiger partial charge is 0.368 e. The lowest BCUT2D eigenvalue weighted by Crippen LogP contribution is -2.54. The van der Waals surface area contributed by atoms with E-state index in [1.165, 1.54) is 43.2 Å². The standard InChI is InChI=1S/C33H42N8/c1-2-8-29(9-3-1)41-17-12-27-21-37-32(38-33(27)41)26-10-13-35-31(20-26)36-22-30(40-18-14-34-15-19-40)24-39-16-11-25-6-4-5-7-28(25)23-39/h4-7,10,12-13,17,20-21,29-30,34H,1-3,8-9,11,14-16,18-19,22-24H2,(H,35,36). The van der Waals surface area contributed by atoms with Crippen molar-refractivity contribution in [1.82, 2.24) is 34.6 Å². The van der Waals surface area contributed by atoms with Crippen LogP contribution in [0.1, 0.15) is 49.3 Å². The smallest absolute Gasteiger partial charge is 0.161 e. The van der Waals surface area contributed by atoms with E-state index in [-0.39, 0.29) is 0 Å². The maximum atomic E-state index is 5.06. The first-order valence-corrected chi connectivity index (χ1v) is 15.6. The lowest BCUT2D eigenvalue weighted by molar-refractivity contribution is 0.124. The van der Waals surface area contributed by atoms with E-state index in [0.717, 1.165) is 87.0 Å². The third-order valence-electron chi connectivity index (χ3n) is 9.31. The summed E-state index contributed by atoms with van der Waals surface area (Å²) in [5.41, 5.74) is 5.04. The van der Waals surface area contributed by atoms with Gasteiger partial charge in [-0.1, -0.05) is 43.5 Å². The summed E-state index contributed by atoms with van der Waals surface area (Å²) in [7, 11) is 0. The van der Waals surface area contributed by atoms with Gasteiger partial charge < -0.3 is 15.2 Å². The van der Waals surface area contributed by atoms with Crippen molar-refractivity contribution < 1.29 is 0 Å². The molecule has 0 radical (unpaired) electrons. The van der Waals surface area contributed by atoms with Crippen molar-refractivity contribution in [3.8, 4) is 11.4 Å². The van der Waals surface area contributed by atoms with Crippen LogP contribution in [0.3, 0.4) is 0 Å². The van der Waals surface area contributed by atoms with E-state index in [4.69, 9.17) is 9.97 Å². The molecule has 8 heteroatoms. The Morgan fingerprint density at radius 2 is 1.80 bits per heavy atom. The molecule has 2 fully saturated rings. The van der Waals surface area contributed by atoms with Crippen LogP contribution in [0, 0.1) is 0 Å². The van der Waals surface area contributed by atoms with Gasteiger partial charge in [-0.2, -0.15) is 0 Å². The molecule has 1 saturated carbocycles. The molecule has 4 aromatic rings. The lowest BCUT2D eigenvalue weighted by atomic mass is 9.95. The second-order valence-corrected chi connectivity index (χ2v) is 12.0. The molecule has 0 spiro atoms. The second-order valence-electron chi connectivity index (χ2n) is 12.0. The highest BCUT2D eigenvalue weighted by atomic mass is 15.3. The number of benzene rings is 1. The van der Waals surface area contributed by atoms with Gasteiger partial charge in [0.05, 0.1) is 0 Å². The summed E-state index contributed by atoms with van der Waals surface area (Å²) < 4.78 is 2.39. The summed E-state index contributed by atoms with van der Waals surface area (Å²) >= 11 is 0. The van der Waals surface area contributed by atoms with E-state index in [2.05, 4.69) is 72.6 Å². The Morgan fingerprint density at radius 1 is 0.951 bits per heavy atom. The van der Waals surface area contributed by atoms with E-state index in [9.17, 15) is 0 Å². The monoisotopic (exact) mass is 550 g/mol. The third-order valence-corrected chi connectivity index (χ3v) is 9.31. The van der Waals surface area contributed by atoms with Gasteiger partial charge in [-0.05, 0) is 48.6 Å². The Labute approximate surface area is 243 Å². The highest BCUT2D eigenvalue weighted by molar-refractivity contribution is 5.77. The Balaban J connectivity index is 1.07. The topological polar surface area (TPSA) is 74.1 Å². The Bertz CT molecular complexity index is 1450. The average molecular weight is 551 g/mol. The summed E-state index contributed by atoms with van der Waals surface area (Å²) in [5.74, 6) is 1.65. The molecule has 8 nitrogen and oxygen atoms in total.